The highest BCUT2D eigenvalue weighted by molar-refractivity contribution is 5.55. The van der Waals surface area contributed by atoms with Gasteiger partial charge in [0.15, 0.2) is 0 Å². The van der Waals surface area contributed by atoms with Crippen LogP contribution < -0.4 is 10.6 Å². The molecule has 0 spiro atoms. The van der Waals surface area contributed by atoms with Crippen LogP contribution in [0.1, 0.15) is 32.3 Å². The van der Waals surface area contributed by atoms with Gasteiger partial charge in [0.2, 0.25) is 0 Å². The fraction of sp³-hybridized carbons (Fsp3) is 0.583. The molecule has 1 aliphatic rings. The lowest BCUT2D eigenvalue weighted by Gasteiger charge is -2.29. The smallest absolute Gasteiger partial charge is 0.123 e. The number of hydrogen-bond donors (Lipinski definition) is 1. The second-order valence-corrected chi connectivity index (χ2v) is 3.94. The SMILES string of the molecule is C.Cc1cc(N)ncc1N1CCCCC1. The highest BCUT2D eigenvalue weighted by Gasteiger charge is 2.12. The zero-order chi connectivity index (χ0) is 9.97. The Morgan fingerprint density at radius 3 is 2.53 bits per heavy atom. The highest BCUT2D eigenvalue weighted by Crippen LogP contribution is 2.23. The Balaban J connectivity index is 0.00000112. The van der Waals surface area contributed by atoms with Crippen LogP contribution in [-0.4, -0.2) is 18.1 Å². The fourth-order valence-corrected chi connectivity index (χ4v) is 2.04. The Hall–Kier alpha value is -1.25. The monoisotopic (exact) mass is 207 g/mol. The third-order valence-electron chi connectivity index (χ3n) is 2.80. The van der Waals surface area contributed by atoms with Gasteiger partial charge < -0.3 is 10.6 Å². The van der Waals surface area contributed by atoms with Crippen LogP contribution in [-0.2, 0) is 0 Å². The van der Waals surface area contributed by atoms with Crippen molar-refractivity contribution in [3.05, 3.63) is 17.8 Å². The van der Waals surface area contributed by atoms with Crippen molar-refractivity contribution in [2.45, 2.75) is 33.6 Å². The maximum Gasteiger partial charge on any atom is 0.123 e. The number of rotatable bonds is 1. The Bertz CT molecular complexity index is 317. The van der Waals surface area contributed by atoms with E-state index in [0.717, 1.165) is 13.1 Å². The van der Waals surface area contributed by atoms with Crippen LogP contribution in [0.15, 0.2) is 12.3 Å². The second-order valence-electron chi connectivity index (χ2n) is 3.94. The van der Waals surface area contributed by atoms with E-state index in [9.17, 15) is 0 Å². The maximum atomic E-state index is 5.63. The molecule has 0 amide bonds. The van der Waals surface area contributed by atoms with E-state index in [1.807, 2.05) is 12.3 Å². The van der Waals surface area contributed by atoms with E-state index >= 15 is 0 Å². The first-order chi connectivity index (χ1) is 6.77. The molecule has 3 nitrogen and oxygen atoms in total. The molecule has 2 heterocycles. The molecule has 1 saturated heterocycles. The number of hydrogen-bond acceptors (Lipinski definition) is 3. The molecule has 3 heteroatoms. The van der Waals surface area contributed by atoms with E-state index in [-0.39, 0.29) is 7.43 Å². The summed E-state index contributed by atoms with van der Waals surface area (Å²) in [4.78, 5) is 6.56. The molecule has 0 saturated carbocycles. The van der Waals surface area contributed by atoms with Crippen molar-refractivity contribution in [2.75, 3.05) is 23.7 Å². The van der Waals surface area contributed by atoms with E-state index in [4.69, 9.17) is 5.73 Å². The van der Waals surface area contributed by atoms with E-state index < -0.39 is 0 Å². The first-order valence-corrected chi connectivity index (χ1v) is 5.24. The number of piperidine rings is 1. The highest BCUT2D eigenvalue weighted by atomic mass is 15.1. The summed E-state index contributed by atoms with van der Waals surface area (Å²) in [6, 6.07) is 1.95. The lowest BCUT2D eigenvalue weighted by Crippen LogP contribution is -2.30. The van der Waals surface area contributed by atoms with Crippen molar-refractivity contribution in [2.24, 2.45) is 0 Å². The molecule has 1 aliphatic heterocycles. The number of pyridine rings is 1. The average molecular weight is 207 g/mol. The molecule has 0 aliphatic carbocycles. The van der Waals surface area contributed by atoms with E-state index in [1.54, 1.807) is 0 Å². The molecular weight excluding hydrogens is 186 g/mol. The third kappa shape index (κ3) is 2.61. The Kier molecular flexibility index (Phi) is 3.95. The molecule has 15 heavy (non-hydrogen) atoms. The van der Waals surface area contributed by atoms with Crippen LogP contribution in [0.2, 0.25) is 0 Å². The van der Waals surface area contributed by atoms with Crippen molar-refractivity contribution in [1.29, 1.82) is 0 Å². The predicted molar refractivity (Wildman–Crippen MR) is 66.2 cm³/mol. The molecule has 1 fully saturated rings. The van der Waals surface area contributed by atoms with E-state index in [2.05, 4.69) is 16.8 Å². The van der Waals surface area contributed by atoms with Gasteiger partial charge in [0.05, 0.1) is 11.9 Å². The van der Waals surface area contributed by atoms with Gasteiger partial charge in [-0.05, 0) is 37.8 Å². The van der Waals surface area contributed by atoms with Gasteiger partial charge in [0.1, 0.15) is 5.82 Å². The number of anilines is 2. The quantitative estimate of drug-likeness (QED) is 0.769. The molecule has 84 valence electrons. The Morgan fingerprint density at radius 1 is 1.27 bits per heavy atom. The van der Waals surface area contributed by atoms with E-state index in [0.29, 0.717) is 5.82 Å². The zero-order valence-corrected chi connectivity index (χ0v) is 8.66. The standard InChI is InChI=1S/C11H17N3.CH4/c1-9-7-11(12)13-8-10(9)14-5-3-2-4-6-14;/h7-8H,2-6H2,1H3,(H2,12,13);1H4. The lowest BCUT2D eigenvalue weighted by atomic mass is 10.1. The van der Waals surface area contributed by atoms with Gasteiger partial charge in [-0.2, -0.15) is 0 Å². The summed E-state index contributed by atoms with van der Waals surface area (Å²) in [5, 5.41) is 0. The summed E-state index contributed by atoms with van der Waals surface area (Å²) in [6.07, 6.45) is 5.85. The molecule has 2 N–H and O–H groups in total. The summed E-state index contributed by atoms with van der Waals surface area (Å²) in [6.45, 7) is 4.42. The first kappa shape index (κ1) is 11.8. The van der Waals surface area contributed by atoms with Crippen molar-refractivity contribution < 1.29 is 0 Å². The number of aromatic nitrogens is 1. The van der Waals surface area contributed by atoms with Crippen molar-refractivity contribution in [3.63, 3.8) is 0 Å². The molecule has 1 aromatic heterocycles. The number of nitrogens with two attached hydrogens (primary N) is 1. The minimum atomic E-state index is 0. The third-order valence-corrected chi connectivity index (χ3v) is 2.80. The summed E-state index contributed by atoms with van der Waals surface area (Å²) in [7, 11) is 0. The zero-order valence-electron chi connectivity index (χ0n) is 8.66. The predicted octanol–water partition coefficient (Wildman–Crippen LogP) is 2.60. The van der Waals surface area contributed by atoms with Crippen LogP contribution in [0, 0.1) is 6.92 Å². The number of nitrogen functional groups attached to an aromatic ring is 1. The molecular formula is C12H21N3. The molecule has 0 unspecified atom stereocenters. The van der Waals surface area contributed by atoms with Crippen molar-refractivity contribution in [1.82, 2.24) is 4.98 Å². The van der Waals surface area contributed by atoms with Crippen LogP contribution in [0.25, 0.3) is 0 Å². The minimum Gasteiger partial charge on any atom is -0.384 e. The minimum absolute atomic E-state index is 0. The van der Waals surface area contributed by atoms with Gasteiger partial charge in [-0.15, -0.1) is 0 Å². The van der Waals surface area contributed by atoms with Crippen molar-refractivity contribution in [3.8, 4) is 0 Å². The second kappa shape index (κ2) is 5.01. The summed E-state index contributed by atoms with van der Waals surface area (Å²) < 4.78 is 0. The summed E-state index contributed by atoms with van der Waals surface area (Å²) in [5.41, 5.74) is 8.11. The van der Waals surface area contributed by atoms with Gasteiger partial charge in [-0.3, -0.25) is 0 Å². The maximum absolute atomic E-state index is 5.63. The Morgan fingerprint density at radius 2 is 1.93 bits per heavy atom. The van der Waals surface area contributed by atoms with Gasteiger partial charge in [-0.25, -0.2) is 4.98 Å². The van der Waals surface area contributed by atoms with Gasteiger partial charge in [-0.1, -0.05) is 7.43 Å². The largest absolute Gasteiger partial charge is 0.384 e. The number of nitrogens with zero attached hydrogens (tertiary/aromatic N) is 2. The lowest BCUT2D eigenvalue weighted by molar-refractivity contribution is 0.576. The van der Waals surface area contributed by atoms with Crippen LogP contribution in [0.5, 0.6) is 0 Å². The van der Waals surface area contributed by atoms with Gasteiger partial charge >= 0.3 is 0 Å². The Labute approximate surface area is 92.3 Å². The van der Waals surface area contributed by atoms with Crippen LogP contribution in [0.4, 0.5) is 11.5 Å². The number of aryl methyl sites for hydroxylation is 1. The topological polar surface area (TPSA) is 42.1 Å². The molecule has 1 aromatic rings. The molecule has 0 bridgehead atoms. The normalized spacial score (nSPS) is 15.9. The fourth-order valence-electron chi connectivity index (χ4n) is 2.04. The molecule has 0 radical (unpaired) electrons. The van der Waals surface area contributed by atoms with Crippen LogP contribution >= 0.6 is 0 Å². The summed E-state index contributed by atoms with van der Waals surface area (Å²) in [5.74, 6) is 0.614. The van der Waals surface area contributed by atoms with Crippen molar-refractivity contribution >= 4 is 11.5 Å². The summed E-state index contributed by atoms with van der Waals surface area (Å²) >= 11 is 0. The first-order valence-electron chi connectivity index (χ1n) is 5.24. The molecule has 0 atom stereocenters. The van der Waals surface area contributed by atoms with Crippen LogP contribution in [0.3, 0.4) is 0 Å². The van der Waals surface area contributed by atoms with E-state index in [1.165, 1.54) is 30.5 Å². The molecule has 0 aromatic carbocycles. The van der Waals surface area contributed by atoms with Gasteiger partial charge in [0.25, 0.3) is 0 Å². The van der Waals surface area contributed by atoms with Gasteiger partial charge in [0, 0.05) is 13.1 Å². The average Bonchev–Trinajstić information content (AvgIpc) is 2.19. The molecule has 2 rings (SSSR count).